The van der Waals surface area contributed by atoms with Crippen LogP contribution in [-0.2, 0) is 11.3 Å². The number of aryl methyl sites for hydroxylation is 1. The van der Waals surface area contributed by atoms with Crippen molar-refractivity contribution in [3.63, 3.8) is 0 Å². The topological polar surface area (TPSA) is 131 Å². The molecule has 148 valence electrons. The largest absolute Gasteiger partial charge is 0.389 e. The van der Waals surface area contributed by atoms with Crippen LogP contribution < -0.4 is 16.0 Å². The molecule has 10 heteroatoms. The predicted molar refractivity (Wildman–Crippen MR) is 108 cm³/mol. The standard InChI is InChI=1S/C19H18N6O4/c1-13-7-8-15(21-19(27)20-14-5-3-2-4-6-14)11-16(13)22-18(26)12-24-10-9-17(23-24)25(28)29/h2-11H,12H2,1H3,(H,22,26)(H2,20,21,27). The highest BCUT2D eigenvalue weighted by Crippen LogP contribution is 2.21. The Morgan fingerprint density at radius 2 is 1.76 bits per heavy atom. The van der Waals surface area contributed by atoms with Crippen LogP contribution in [0.4, 0.5) is 27.7 Å². The Labute approximate surface area is 165 Å². The van der Waals surface area contributed by atoms with Gasteiger partial charge in [-0.1, -0.05) is 24.3 Å². The van der Waals surface area contributed by atoms with Crippen LogP contribution in [0, 0.1) is 17.0 Å². The van der Waals surface area contributed by atoms with E-state index in [0.29, 0.717) is 17.1 Å². The molecule has 29 heavy (non-hydrogen) atoms. The lowest BCUT2D eigenvalue weighted by atomic mass is 10.1. The maximum atomic E-state index is 12.2. The summed E-state index contributed by atoms with van der Waals surface area (Å²) in [6, 6.07) is 14.9. The van der Waals surface area contributed by atoms with Crippen molar-refractivity contribution in [1.82, 2.24) is 9.78 Å². The van der Waals surface area contributed by atoms with Gasteiger partial charge in [-0.3, -0.25) is 4.79 Å². The second-order valence-corrected chi connectivity index (χ2v) is 6.15. The number of urea groups is 1. The Morgan fingerprint density at radius 3 is 2.45 bits per heavy atom. The van der Waals surface area contributed by atoms with E-state index < -0.39 is 16.9 Å². The van der Waals surface area contributed by atoms with Crippen molar-refractivity contribution in [3.8, 4) is 0 Å². The highest BCUT2D eigenvalue weighted by Gasteiger charge is 2.14. The molecule has 0 radical (unpaired) electrons. The molecule has 0 atom stereocenters. The zero-order chi connectivity index (χ0) is 20.8. The number of rotatable bonds is 6. The van der Waals surface area contributed by atoms with Crippen LogP contribution in [0.3, 0.4) is 0 Å². The summed E-state index contributed by atoms with van der Waals surface area (Å²) in [6.07, 6.45) is 1.36. The molecule has 3 amide bonds. The van der Waals surface area contributed by atoms with E-state index in [0.717, 1.165) is 5.56 Å². The van der Waals surface area contributed by atoms with Crippen molar-refractivity contribution < 1.29 is 14.5 Å². The number of anilines is 3. The number of amides is 3. The fourth-order valence-corrected chi connectivity index (χ4v) is 2.52. The van der Waals surface area contributed by atoms with E-state index in [9.17, 15) is 19.7 Å². The highest BCUT2D eigenvalue weighted by molar-refractivity contribution is 6.00. The third-order valence-electron chi connectivity index (χ3n) is 3.92. The van der Waals surface area contributed by atoms with Gasteiger partial charge in [0.2, 0.25) is 5.91 Å². The van der Waals surface area contributed by atoms with Crippen molar-refractivity contribution in [2.24, 2.45) is 0 Å². The minimum Gasteiger partial charge on any atom is -0.358 e. The summed E-state index contributed by atoms with van der Waals surface area (Å²) in [6.45, 7) is 1.63. The molecule has 3 N–H and O–H groups in total. The Morgan fingerprint density at radius 1 is 1.03 bits per heavy atom. The molecular weight excluding hydrogens is 376 g/mol. The van der Waals surface area contributed by atoms with Crippen molar-refractivity contribution in [2.75, 3.05) is 16.0 Å². The summed E-state index contributed by atoms with van der Waals surface area (Å²) >= 11 is 0. The van der Waals surface area contributed by atoms with E-state index >= 15 is 0 Å². The predicted octanol–water partition coefficient (Wildman–Crippen LogP) is 3.38. The van der Waals surface area contributed by atoms with Gasteiger partial charge in [-0.05, 0) is 41.7 Å². The van der Waals surface area contributed by atoms with Crippen molar-refractivity contribution in [2.45, 2.75) is 13.5 Å². The van der Waals surface area contributed by atoms with Crippen LogP contribution in [0.2, 0.25) is 0 Å². The maximum absolute atomic E-state index is 12.2. The average molecular weight is 394 g/mol. The molecule has 3 rings (SSSR count). The summed E-state index contributed by atoms with van der Waals surface area (Å²) in [5.41, 5.74) is 2.45. The van der Waals surface area contributed by atoms with Gasteiger partial charge in [-0.25, -0.2) is 4.79 Å². The molecule has 0 aliphatic rings. The Balaban J connectivity index is 1.62. The zero-order valence-electron chi connectivity index (χ0n) is 15.5. The zero-order valence-corrected chi connectivity index (χ0v) is 15.5. The SMILES string of the molecule is Cc1ccc(NC(=O)Nc2ccccc2)cc1NC(=O)Cn1ccc([N+](=O)[O-])n1. The van der Waals surface area contributed by atoms with E-state index in [4.69, 9.17) is 0 Å². The first-order valence-corrected chi connectivity index (χ1v) is 8.62. The van der Waals surface area contributed by atoms with Gasteiger partial charge in [0, 0.05) is 17.1 Å². The molecule has 3 aromatic rings. The summed E-state index contributed by atoms with van der Waals surface area (Å²) in [4.78, 5) is 34.4. The molecule has 0 unspecified atom stereocenters. The maximum Gasteiger partial charge on any atom is 0.389 e. The number of nitrogens with zero attached hydrogens (tertiary/aromatic N) is 3. The molecule has 0 fully saturated rings. The van der Waals surface area contributed by atoms with Gasteiger partial charge in [0.05, 0.1) is 17.4 Å². The lowest BCUT2D eigenvalue weighted by Crippen LogP contribution is -2.21. The number of benzene rings is 2. The second-order valence-electron chi connectivity index (χ2n) is 6.15. The molecule has 0 saturated carbocycles. The molecule has 1 aromatic heterocycles. The normalized spacial score (nSPS) is 10.2. The van der Waals surface area contributed by atoms with Crippen molar-refractivity contribution >= 4 is 34.8 Å². The number of carbonyl (C=O) groups is 2. The van der Waals surface area contributed by atoms with Crippen LogP contribution in [-0.4, -0.2) is 26.6 Å². The monoisotopic (exact) mass is 394 g/mol. The van der Waals surface area contributed by atoms with Crippen LogP contribution >= 0.6 is 0 Å². The third-order valence-corrected chi connectivity index (χ3v) is 3.92. The minimum atomic E-state index is -0.631. The third kappa shape index (κ3) is 5.39. The quantitative estimate of drug-likeness (QED) is 0.436. The Bertz CT molecular complexity index is 1050. The van der Waals surface area contributed by atoms with Gasteiger partial charge in [0.1, 0.15) is 6.54 Å². The van der Waals surface area contributed by atoms with Crippen LogP contribution in [0.25, 0.3) is 0 Å². The number of aromatic nitrogens is 2. The van der Waals surface area contributed by atoms with E-state index in [1.54, 1.807) is 30.3 Å². The summed E-state index contributed by atoms with van der Waals surface area (Å²) < 4.78 is 1.18. The molecule has 2 aromatic carbocycles. The van der Waals surface area contributed by atoms with Crippen molar-refractivity contribution in [1.29, 1.82) is 0 Å². The fourth-order valence-electron chi connectivity index (χ4n) is 2.52. The number of carbonyl (C=O) groups excluding carboxylic acids is 2. The summed E-state index contributed by atoms with van der Waals surface area (Å²) in [5.74, 6) is -0.735. The van der Waals surface area contributed by atoms with E-state index in [-0.39, 0.29) is 12.4 Å². The Kier molecular flexibility index (Phi) is 5.83. The van der Waals surface area contributed by atoms with Crippen LogP contribution in [0.5, 0.6) is 0 Å². The average Bonchev–Trinajstić information content (AvgIpc) is 3.14. The smallest absolute Gasteiger partial charge is 0.358 e. The first-order chi connectivity index (χ1) is 13.9. The second kappa shape index (κ2) is 8.65. The van der Waals surface area contributed by atoms with Crippen molar-refractivity contribution in [3.05, 3.63) is 76.5 Å². The molecule has 0 saturated heterocycles. The lowest BCUT2D eigenvalue weighted by Gasteiger charge is -2.12. The van der Waals surface area contributed by atoms with E-state index in [1.165, 1.54) is 16.9 Å². The molecular formula is C19H18N6O4. The first-order valence-electron chi connectivity index (χ1n) is 8.62. The number of para-hydroxylation sites is 1. The van der Waals surface area contributed by atoms with E-state index in [1.807, 2.05) is 25.1 Å². The number of nitrogens with one attached hydrogen (secondary N) is 3. The van der Waals surface area contributed by atoms with Gasteiger partial charge < -0.3 is 26.1 Å². The number of nitro groups is 1. The molecule has 0 bridgehead atoms. The van der Waals surface area contributed by atoms with Crippen LogP contribution in [0.15, 0.2) is 60.8 Å². The lowest BCUT2D eigenvalue weighted by molar-refractivity contribution is -0.389. The van der Waals surface area contributed by atoms with Gasteiger partial charge in [0.25, 0.3) is 0 Å². The molecule has 0 aliphatic heterocycles. The highest BCUT2D eigenvalue weighted by atomic mass is 16.6. The first kappa shape index (κ1) is 19.5. The minimum absolute atomic E-state index is 0.181. The number of hydrogen-bond acceptors (Lipinski definition) is 5. The molecule has 1 heterocycles. The van der Waals surface area contributed by atoms with Gasteiger partial charge in [-0.15, -0.1) is 0 Å². The van der Waals surface area contributed by atoms with E-state index in [2.05, 4.69) is 21.0 Å². The summed E-state index contributed by atoms with van der Waals surface area (Å²) in [7, 11) is 0. The van der Waals surface area contributed by atoms with Crippen LogP contribution in [0.1, 0.15) is 5.56 Å². The molecule has 0 aliphatic carbocycles. The van der Waals surface area contributed by atoms with Gasteiger partial charge >= 0.3 is 11.8 Å². The van der Waals surface area contributed by atoms with Gasteiger partial charge in [-0.2, -0.15) is 4.68 Å². The van der Waals surface area contributed by atoms with Gasteiger partial charge in [0.15, 0.2) is 0 Å². The fraction of sp³-hybridized carbons (Fsp3) is 0.105. The molecule has 0 spiro atoms. The molecule has 10 nitrogen and oxygen atoms in total. The summed E-state index contributed by atoms with van der Waals surface area (Å²) in [5, 5.41) is 22.5. The number of hydrogen-bond donors (Lipinski definition) is 3. The Hall–Kier alpha value is -4.21.